The van der Waals surface area contributed by atoms with Crippen molar-refractivity contribution in [2.24, 2.45) is 0 Å². The first kappa shape index (κ1) is 33.8. The lowest BCUT2D eigenvalue weighted by Gasteiger charge is -2.34. The molecule has 1 aliphatic carbocycles. The first-order chi connectivity index (χ1) is 30.3. The zero-order valence-electron chi connectivity index (χ0n) is 33.0. The van der Waals surface area contributed by atoms with Crippen molar-refractivity contribution in [3.63, 3.8) is 0 Å². The number of hydrogen-bond acceptors (Lipinski definition) is 3. The third kappa shape index (κ3) is 4.82. The van der Waals surface area contributed by atoms with E-state index in [1.165, 1.54) is 38.9 Å². The van der Waals surface area contributed by atoms with Gasteiger partial charge in [0.05, 0.1) is 10.9 Å². The van der Waals surface area contributed by atoms with Crippen LogP contribution in [0, 0.1) is 0 Å². The van der Waals surface area contributed by atoms with Gasteiger partial charge in [-0.2, -0.15) is 0 Å². The summed E-state index contributed by atoms with van der Waals surface area (Å²) >= 11 is 0. The number of aromatic nitrogens is 3. The van der Waals surface area contributed by atoms with Crippen molar-refractivity contribution in [1.29, 1.82) is 0 Å². The van der Waals surface area contributed by atoms with Crippen molar-refractivity contribution in [2.45, 2.75) is 5.41 Å². The molecule has 4 nitrogen and oxygen atoms in total. The second kappa shape index (κ2) is 13.0. The summed E-state index contributed by atoms with van der Waals surface area (Å²) in [5.41, 5.74) is 16.4. The van der Waals surface area contributed by atoms with Gasteiger partial charge in [-0.15, -0.1) is 10.2 Å². The number of benzene rings is 9. The van der Waals surface area contributed by atoms with Crippen LogP contribution in [0.25, 0.3) is 94.0 Å². The molecule has 4 heteroatoms. The van der Waals surface area contributed by atoms with Gasteiger partial charge >= 0.3 is 0 Å². The highest BCUT2D eigenvalue weighted by atomic mass is 16.3. The Kier molecular flexibility index (Phi) is 7.19. The molecule has 61 heavy (non-hydrogen) atoms. The van der Waals surface area contributed by atoms with E-state index in [0.29, 0.717) is 0 Å². The standard InChI is InChI=1S/C57H35N3O/c1-3-14-40(15-4-1)57(41-16-5-2-6-17-41)50-24-11-9-19-44(50)45-32-30-39(35-51(45)57)38-31-33-52-49(34-38)43-18-7-8-21-48(43)56-59-58-55(60(52)56)37-28-26-36(27-29-37)42-22-13-23-47-46-20-10-12-25-53(46)61-54(42)47/h1-35H. The summed E-state index contributed by atoms with van der Waals surface area (Å²) in [4.78, 5) is 0. The van der Waals surface area contributed by atoms with Crippen molar-refractivity contribution in [2.75, 3.05) is 0 Å². The van der Waals surface area contributed by atoms with E-state index in [4.69, 9.17) is 14.6 Å². The van der Waals surface area contributed by atoms with Gasteiger partial charge in [-0.05, 0) is 79.7 Å². The predicted octanol–water partition coefficient (Wildman–Crippen LogP) is 14.3. The predicted molar refractivity (Wildman–Crippen MR) is 249 cm³/mol. The summed E-state index contributed by atoms with van der Waals surface area (Å²) in [6, 6.07) is 76.6. The number of furan rings is 1. The summed E-state index contributed by atoms with van der Waals surface area (Å²) in [5.74, 6) is 0.804. The molecule has 0 amide bonds. The molecule has 12 aromatic rings. The van der Waals surface area contributed by atoms with E-state index in [-0.39, 0.29) is 0 Å². The highest BCUT2D eigenvalue weighted by Gasteiger charge is 2.46. The average molecular weight is 778 g/mol. The first-order valence-corrected chi connectivity index (χ1v) is 20.8. The van der Waals surface area contributed by atoms with Crippen LogP contribution < -0.4 is 0 Å². The fourth-order valence-corrected chi connectivity index (χ4v) is 10.3. The smallest absolute Gasteiger partial charge is 0.169 e. The summed E-state index contributed by atoms with van der Waals surface area (Å²) in [6.07, 6.45) is 0. The number of fused-ring (bicyclic) bond motifs is 12. The molecule has 13 rings (SSSR count). The molecule has 0 atom stereocenters. The monoisotopic (exact) mass is 777 g/mol. The van der Waals surface area contributed by atoms with Crippen LogP contribution in [0.1, 0.15) is 22.3 Å². The van der Waals surface area contributed by atoms with Gasteiger partial charge in [0, 0.05) is 32.7 Å². The van der Waals surface area contributed by atoms with Crippen LogP contribution in [-0.2, 0) is 5.41 Å². The van der Waals surface area contributed by atoms with Crippen LogP contribution in [-0.4, -0.2) is 14.6 Å². The van der Waals surface area contributed by atoms with Crippen LogP contribution in [0.3, 0.4) is 0 Å². The van der Waals surface area contributed by atoms with E-state index >= 15 is 0 Å². The lowest BCUT2D eigenvalue weighted by molar-refractivity contribution is 0.670. The van der Waals surface area contributed by atoms with Crippen LogP contribution in [0.15, 0.2) is 217 Å². The molecule has 3 aromatic heterocycles. The third-order valence-electron chi connectivity index (χ3n) is 13.0. The third-order valence-corrected chi connectivity index (χ3v) is 13.0. The summed E-state index contributed by atoms with van der Waals surface area (Å²) in [6.45, 7) is 0. The highest BCUT2D eigenvalue weighted by Crippen LogP contribution is 2.56. The summed E-state index contributed by atoms with van der Waals surface area (Å²) in [5, 5.41) is 15.3. The van der Waals surface area contributed by atoms with Gasteiger partial charge in [0.1, 0.15) is 11.2 Å². The molecule has 1 aliphatic rings. The van der Waals surface area contributed by atoms with Gasteiger partial charge in [-0.3, -0.25) is 4.40 Å². The SMILES string of the molecule is c1ccc(C2(c3ccccc3)c3ccccc3-c3ccc(-c4ccc5c(c4)c4ccccc4c4nnc(-c6ccc(-c7cccc8c7oc7ccccc78)cc6)n54)cc32)cc1. The van der Waals surface area contributed by atoms with E-state index in [1.54, 1.807) is 0 Å². The minimum atomic E-state index is -0.467. The van der Waals surface area contributed by atoms with Gasteiger partial charge in [0.2, 0.25) is 0 Å². The molecule has 0 bridgehead atoms. The Morgan fingerprint density at radius 2 is 0.967 bits per heavy atom. The average Bonchev–Trinajstić information content (AvgIpc) is 4.04. The largest absolute Gasteiger partial charge is 0.455 e. The van der Waals surface area contributed by atoms with Crippen LogP contribution >= 0.6 is 0 Å². The highest BCUT2D eigenvalue weighted by molar-refractivity contribution is 6.13. The maximum absolute atomic E-state index is 6.39. The maximum atomic E-state index is 6.39. The molecule has 284 valence electrons. The van der Waals surface area contributed by atoms with Crippen molar-refractivity contribution in [3.05, 3.63) is 235 Å². The van der Waals surface area contributed by atoms with Crippen molar-refractivity contribution < 1.29 is 4.42 Å². The van der Waals surface area contributed by atoms with Crippen LogP contribution in [0.2, 0.25) is 0 Å². The van der Waals surface area contributed by atoms with Gasteiger partial charge in [-0.1, -0.05) is 188 Å². The Balaban J connectivity index is 0.974. The molecule has 0 fully saturated rings. The molecule has 0 aliphatic heterocycles. The molecular weight excluding hydrogens is 743 g/mol. The Bertz CT molecular complexity index is 3650. The fourth-order valence-electron chi connectivity index (χ4n) is 10.3. The van der Waals surface area contributed by atoms with Crippen LogP contribution in [0.5, 0.6) is 0 Å². The minimum Gasteiger partial charge on any atom is -0.455 e. The second-order valence-electron chi connectivity index (χ2n) is 16.1. The quantitative estimate of drug-likeness (QED) is 0.164. The topological polar surface area (TPSA) is 43.3 Å². The summed E-state index contributed by atoms with van der Waals surface area (Å²) < 4.78 is 8.62. The fraction of sp³-hybridized carbons (Fsp3) is 0.0175. The molecule has 0 saturated heterocycles. The zero-order valence-corrected chi connectivity index (χ0v) is 33.0. The van der Waals surface area contributed by atoms with Crippen molar-refractivity contribution >= 4 is 49.3 Å². The van der Waals surface area contributed by atoms with E-state index in [9.17, 15) is 0 Å². The second-order valence-corrected chi connectivity index (χ2v) is 16.1. The number of hydrogen-bond donors (Lipinski definition) is 0. The molecule has 0 N–H and O–H groups in total. The normalized spacial score (nSPS) is 13.0. The number of pyridine rings is 1. The molecule has 0 saturated carbocycles. The van der Waals surface area contributed by atoms with Crippen molar-refractivity contribution in [3.8, 4) is 44.8 Å². The number of rotatable bonds is 5. The minimum absolute atomic E-state index is 0.467. The lowest BCUT2D eigenvalue weighted by Crippen LogP contribution is -2.28. The summed E-state index contributed by atoms with van der Waals surface area (Å²) in [7, 11) is 0. The van der Waals surface area contributed by atoms with Gasteiger partial charge in [0.25, 0.3) is 0 Å². The molecule has 9 aromatic carbocycles. The molecule has 3 heterocycles. The van der Waals surface area contributed by atoms with E-state index in [1.807, 2.05) is 12.1 Å². The van der Waals surface area contributed by atoms with Gasteiger partial charge in [-0.25, -0.2) is 0 Å². The van der Waals surface area contributed by atoms with E-state index in [0.717, 1.165) is 77.3 Å². The first-order valence-electron chi connectivity index (χ1n) is 20.8. The van der Waals surface area contributed by atoms with E-state index in [2.05, 4.69) is 205 Å². The Morgan fingerprint density at radius 1 is 0.377 bits per heavy atom. The van der Waals surface area contributed by atoms with Gasteiger partial charge in [0.15, 0.2) is 11.5 Å². The molecular formula is C57H35N3O. The Labute approximate surface area is 351 Å². The number of para-hydroxylation sites is 2. The van der Waals surface area contributed by atoms with Crippen molar-refractivity contribution in [1.82, 2.24) is 14.6 Å². The molecule has 0 radical (unpaired) electrons. The van der Waals surface area contributed by atoms with Gasteiger partial charge < -0.3 is 4.42 Å². The number of nitrogens with zero attached hydrogens (tertiary/aromatic N) is 3. The van der Waals surface area contributed by atoms with Crippen LogP contribution in [0.4, 0.5) is 0 Å². The molecule has 0 unspecified atom stereocenters. The molecule has 0 spiro atoms. The Hall–Kier alpha value is -8.08. The zero-order chi connectivity index (χ0) is 40.1. The Morgan fingerprint density at radius 3 is 1.77 bits per heavy atom. The van der Waals surface area contributed by atoms with E-state index < -0.39 is 5.41 Å². The lowest BCUT2D eigenvalue weighted by atomic mass is 9.67. The maximum Gasteiger partial charge on any atom is 0.169 e.